The normalized spacial score (nSPS) is 10.5. The van der Waals surface area contributed by atoms with E-state index in [1.54, 1.807) is 11.9 Å². The molecule has 4 N–H and O–H groups in total. The van der Waals surface area contributed by atoms with Gasteiger partial charge < -0.3 is 15.6 Å². The molecule has 0 fully saturated rings. The number of nitrogen functional groups attached to an aromatic ring is 1. The summed E-state index contributed by atoms with van der Waals surface area (Å²) in [5.41, 5.74) is 3.39. The van der Waals surface area contributed by atoms with Crippen molar-refractivity contribution in [2.45, 2.75) is 26.7 Å². The maximum Gasteiger partial charge on any atom is 0.239 e. The number of hydrogen-bond donors (Lipinski definition) is 3. The van der Waals surface area contributed by atoms with Crippen molar-refractivity contribution in [2.24, 2.45) is 5.84 Å². The van der Waals surface area contributed by atoms with Crippen molar-refractivity contribution in [3.05, 3.63) is 11.4 Å². The van der Waals surface area contributed by atoms with E-state index in [1.165, 1.54) is 0 Å². The molecule has 1 rings (SSSR count). The van der Waals surface area contributed by atoms with Crippen LogP contribution in [-0.4, -0.2) is 36.5 Å². The second kappa shape index (κ2) is 6.33. The third-order valence-electron chi connectivity index (χ3n) is 2.81. The number of hydrogen-bond acceptors (Lipinski definition) is 6. The van der Waals surface area contributed by atoms with E-state index in [9.17, 15) is 4.79 Å². The molecule has 0 aliphatic carbocycles. The molecule has 1 aromatic heterocycles. The van der Waals surface area contributed by atoms with Gasteiger partial charge in [0, 0.05) is 25.6 Å². The molecule has 106 valence electrons. The lowest BCUT2D eigenvalue weighted by molar-refractivity contribution is -0.119. The Labute approximate surface area is 113 Å². The van der Waals surface area contributed by atoms with E-state index in [1.807, 2.05) is 27.8 Å². The molecule has 1 amide bonds. The number of anilines is 2. The Morgan fingerprint density at radius 3 is 2.53 bits per heavy atom. The molecule has 0 radical (unpaired) electrons. The number of aromatic nitrogens is 2. The standard InChI is InChI=1S/C12H22N6O/c1-7(2)10-15-11(17-13)8(3)12(16-10)18(5)6-9(19)14-4/h7H,6,13H2,1-5H3,(H,14,19)(H,15,16,17). The number of nitrogens with two attached hydrogens (primary N) is 1. The van der Waals surface area contributed by atoms with E-state index in [0.29, 0.717) is 17.5 Å². The molecule has 0 atom stereocenters. The number of nitrogens with zero attached hydrogens (tertiary/aromatic N) is 3. The highest BCUT2D eigenvalue weighted by Gasteiger charge is 2.16. The van der Waals surface area contributed by atoms with Crippen LogP contribution in [0, 0.1) is 6.92 Å². The van der Waals surface area contributed by atoms with Gasteiger partial charge in [-0.15, -0.1) is 0 Å². The van der Waals surface area contributed by atoms with Gasteiger partial charge in [-0.1, -0.05) is 13.8 Å². The van der Waals surface area contributed by atoms with Crippen LogP contribution in [0.3, 0.4) is 0 Å². The number of amides is 1. The highest BCUT2D eigenvalue weighted by Crippen LogP contribution is 2.24. The lowest BCUT2D eigenvalue weighted by Crippen LogP contribution is -2.34. The van der Waals surface area contributed by atoms with E-state index in [4.69, 9.17) is 5.84 Å². The van der Waals surface area contributed by atoms with E-state index < -0.39 is 0 Å². The van der Waals surface area contributed by atoms with Crippen LogP contribution in [0.15, 0.2) is 0 Å². The van der Waals surface area contributed by atoms with E-state index >= 15 is 0 Å². The van der Waals surface area contributed by atoms with Crippen LogP contribution in [-0.2, 0) is 4.79 Å². The van der Waals surface area contributed by atoms with Gasteiger partial charge in [-0.3, -0.25) is 4.79 Å². The molecular formula is C12H22N6O. The minimum Gasteiger partial charge on any atom is -0.358 e. The minimum absolute atomic E-state index is 0.0751. The van der Waals surface area contributed by atoms with Crippen LogP contribution in [0.1, 0.15) is 31.2 Å². The third-order valence-corrected chi connectivity index (χ3v) is 2.81. The molecule has 19 heavy (non-hydrogen) atoms. The summed E-state index contributed by atoms with van der Waals surface area (Å²) in [5, 5.41) is 2.59. The monoisotopic (exact) mass is 266 g/mol. The van der Waals surface area contributed by atoms with Gasteiger partial charge in [-0.05, 0) is 6.92 Å². The smallest absolute Gasteiger partial charge is 0.239 e. The van der Waals surface area contributed by atoms with Crippen molar-refractivity contribution in [2.75, 3.05) is 31.0 Å². The first-order chi connectivity index (χ1) is 8.90. The molecule has 0 aliphatic heterocycles. The molecule has 7 heteroatoms. The first-order valence-electron chi connectivity index (χ1n) is 6.17. The van der Waals surface area contributed by atoms with Gasteiger partial charge in [0.25, 0.3) is 0 Å². The van der Waals surface area contributed by atoms with Crippen LogP contribution in [0.5, 0.6) is 0 Å². The quantitative estimate of drug-likeness (QED) is 0.526. The van der Waals surface area contributed by atoms with Crippen molar-refractivity contribution in [1.82, 2.24) is 15.3 Å². The summed E-state index contributed by atoms with van der Waals surface area (Å²) in [5.74, 6) is 7.56. The fraction of sp³-hybridized carbons (Fsp3) is 0.583. The average molecular weight is 266 g/mol. The molecule has 0 bridgehead atoms. The summed E-state index contributed by atoms with van der Waals surface area (Å²) >= 11 is 0. The van der Waals surface area contributed by atoms with Gasteiger partial charge in [-0.25, -0.2) is 15.8 Å². The highest BCUT2D eigenvalue weighted by molar-refractivity contribution is 5.81. The van der Waals surface area contributed by atoms with Gasteiger partial charge >= 0.3 is 0 Å². The molecule has 7 nitrogen and oxygen atoms in total. The summed E-state index contributed by atoms with van der Waals surface area (Å²) in [6, 6.07) is 0. The van der Waals surface area contributed by atoms with Crippen LogP contribution >= 0.6 is 0 Å². The second-order valence-corrected chi connectivity index (χ2v) is 4.71. The summed E-state index contributed by atoms with van der Waals surface area (Å²) < 4.78 is 0. The van der Waals surface area contributed by atoms with Gasteiger partial charge in [0.05, 0.1) is 6.54 Å². The number of nitrogens with one attached hydrogen (secondary N) is 2. The fourth-order valence-corrected chi connectivity index (χ4v) is 1.66. The highest BCUT2D eigenvalue weighted by atomic mass is 16.1. The molecule has 0 saturated heterocycles. The number of carbonyl (C=O) groups is 1. The topological polar surface area (TPSA) is 96.2 Å². The summed E-state index contributed by atoms with van der Waals surface area (Å²) in [6.07, 6.45) is 0. The molecule has 0 saturated carbocycles. The lowest BCUT2D eigenvalue weighted by atomic mass is 10.2. The molecule has 0 aromatic carbocycles. The first kappa shape index (κ1) is 15.2. The predicted octanol–water partition coefficient (Wildman–Crippen LogP) is 0.376. The number of carbonyl (C=O) groups excluding carboxylic acids is 1. The zero-order valence-corrected chi connectivity index (χ0v) is 12.1. The minimum atomic E-state index is -0.0751. The van der Waals surface area contributed by atoms with Crippen LogP contribution < -0.4 is 21.5 Å². The molecule has 0 aliphatic rings. The van der Waals surface area contributed by atoms with Gasteiger partial charge in [0.1, 0.15) is 17.5 Å². The van der Waals surface area contributed by atoms with Gasteiger partial charge in [0.2, 0.25) is 5.91 Å². The van der Waals surface area contributed by atoms with Crippen molar-refractivity contribution in [3.63, 3.8) is 0 Å². The van der Waals surface area contributed by atoms with Gasteiger partial charge in [0.15, 0.2) is 0 Å². The zero-order valence-electron chi connectivity index (χ0n) is 12.1. The van der Waals surface area contributed by atoms with Gasteiger partial charge in [-0.2, -0.15) is 0 Å². The Morgan fingerprint density at radius 1 is 1.42 bits per heavy atom. The molecule has 0 unspecified atom stereocenters. The Hall–Kier alpha value is -1.89. The van der Waals surface area contributed by atoms with Crippen molar-refractivity contribution < 1.29 is 4.79 Å². The fourth-order valence-electron chi connectivity index (χ4n) is 1.66. The van der Waals surface area contributed by atoms with Crippen molar-refractivity contribution >= 4 is 17.5 Å². The summed E-state index contributed by atoms with van der Waals surface area (Å²) in [7, 11) is 3.42. The third kappa shape index (κ3) is 3.54. The Bertz CT molecular complexity index is 460. The number of likely N-dealkylation sites (N-methyl/N-ethyl adjacent to an activating group) is 2. The van der Waals surface area contributed by atoms with Crippen molar-refractivity contribution in [3.8, 4) is 0 Å². The lowest BCUT2D eigenvalue weighted by Gasteiger charge is -2.22. The van der Waals surface area contributed by atoms with Crippen LogP contribution in [0.25, 0.3) is 0 Å². The van der Waals surface area contributed by atoms with Crippen LogP contribution in [0.4, 0.5) is 11.6 Å². The predicted molar refractivity (Wildman–Crippen MR) is 76.0 cm³/mol. The SMILES string of the molecule is CNC(=O)CN(C)c1nc(C(C)C)nc(NN)c1C. The zero-order chi connectivity index (χ0) is 14.6. The van der Waals surface area contributed by atoms with E-state index in [2.05, 4.69) is 20.7 Å². The Morgan fingerprint density at radius 2 is 2.05 bits per heavy atom. The average Bonchev–Trinajstić information content (AvgIpc) is 2.38. The molecule has 1 aromatic rings. The van der Waals surface area contributed by atoms with E-state index in [-0.39, 0.29) is 18.4 Å². The number of rotatable bonds is 5. The summed E-state index contributed by atoms with van der Waals surface area (Å²) in [6.45, 7) is 6.12. The Balaban J connectivity index is 3.17. The van der Waals surface area contributed by atoms with E-state index in [0.717, 1.165) is 5.56 Å². The Kier molecular flexibility index (Phi) is 5.05. The van der Waals surface area contributed by atoms with Crippen LogP contribution in [0.2, 0.25) is 0 Å². The summed E-state index contributed by atoms with van der Waals surface area (Å²) in [4.78, 5) is 22.1. The molecule has 1 heterocycles. The molecule has 0 spiro atoms. The first-order valence-corrected chi connectivity index (χ1v) is 6.17. The van der Waals surface area contributed by atoms with Crippen molar-refractivity contribution in [1.29, 1.82) is 0 Å². The second-order valence-electron chi connectivity index (χ2n) is 4.71. The maximum atomic E-state index is 11.4. The largest absolute Gasteiger partial charge is 0.358 e. The molecular weight excluding hydrogens is 244 g/mol. The number of hydrazine groups is 1. The maximum absolute atomic E-state index is 11.4.